The zero-order chi connectivity index (χ0) is 21.0. The molecule has 0 N–H and O–H groups in total. The fourth-order valence-corrected chi connectivity index (χ4v) is 2.46. The predicted octanol–water partition coefficient (Wildman–Crippen LogP) is 5.18. The smallest absolute Gasteiger partial charge is 0.416 e. The first-order chi connectivity index (χ1) is 13.8. The quantitative estimate of drug-likeness (QED) is 0.526. The van der Waals surface area contributed by atoms with Crippen LogP contribution in [0.3, 0.4) is 0 Å². The molecule has 150 valence electrons. The van der Waals surface area contributed by atoms with Crippen LogP contribution in [0.4, 0.5) is 13.2 Å². The SMILES string of the molecule is CCOC(=O)c1nnc(-c2ccc(C(F)(F)F)cc2)nc1Oc1cccc(Cl)c1. The van der Waals surface area contributed by atoms with Crippen molar-refractivity contribution in [3.63, 3.8) is 0 Å². The zero-order valence-electron chi connectivity index (χ0n) is 14.9. The van der Waals surface area contributed by atoms with Crippen LogP contribution >= 0.6 is 11.6 Å². The molecule has 10 heteroatoms. The molecule has 0 atom stereocenters. The van der Waals surface area contributed by atoms with Crippen LogP contribution in [0, 0.1) is 0 Å². The lowest BCUT2D eigenvalue weighted by Crippen LogP contribution is -2.12. The van der Waals surface area contributed by atoms with Gasteiger partial charge < -0.3 is 9.47 Å². The molecule has 6 nitrogen and oxygen atoms in total. The number of hydrogen-bond acceptors (Lipinski definition) is 6. The van der Waals surface area contributed by atoms with Gasteiger partial charge in [0.05, 0.1) is 12.2 Å². The van der Waals surface area contributed by atoms with E-state index < -0.39 is 17.7 Å². The maximum atomic E-state index is 12.7. The Hall–Kier alpha value is -3.20. The lowest BCUT2D eigenvalue weighted by atomic mass is 10.1. The molecule has 0 radical (unpaired) electrons. The number of carbonyl (C=O) groups is 1. The number of hydrogen-bond donors (Lipinski definition) is 0. The molecule has 29 heavy (non-hydrogen) atoms. The number of alkyl halides is 3. The summed E-state index contributed by atoms with van der Waals surface area (Å²) in [6.07, 6.45) is -4.47. The Kier molecular flexibility index (Phi) is 5.97. The molecule has 0 unspecified atom stereocenters. The van der Waals surface area contributed by atoms with E-state index in [9.17, 15) is 18.0 Å². The van der Waals surface area contributed by atoms with Crippen LogP contribution < -0.4 is 4.74 Å². The van der Waals surface area contributed by atoms with Gasteiger partial charge in [0, 0.05) is 10.6 Å². The summed E-state index contributed by atoms with van der Waals surface area (Å²) >= 11 is 5.93. The predicted molar refractivity (Wildman–Crippen MR) is 97.7 cm³/mol. The molecule has 0 spiro atoms. The van der Waals surface area contributed by atoms with Crippen LogP contribution in [-0.4, -0.2) is 27.8 Å². The average molecular weight is 424 g/mol. The third-order valence-electron chi connectivity index (χ3n) is 3.60. The van der Waals surface area contributed by atoms with Gasteiger partial charge in [0.1, 0.15) is 5.75 Å². The molecule has 0 saturated carbocycles. The van der Waals surface area contributed by atoms with Crippen molar-refractivity contribution in [2.24, 2.45) is 0 Å². The van der Waals surface area contributed by atoms with Gasteiger partial charge in [-0.05, 0) is 37.3 Å². The van der Waals surface area contributed by atoms with Gasteiger partial charge in [0.15, 0.2) is 5.82 Å². The number of benzene rings is 2. The summed E-state index contributed by atoms with van der Waals surface area (Å²) in [7, 11) is 0. The van der Waals surface area contributed by atoms with E-state index in [2.05, 4.69) is 15.2 Å². The van der Waals surface area contributed by atoms with Crippen LogP contribution in [0.5, 0.6) is 11.6 Å². The Labute approximate surface area is 168 Å². The van der Waals surface area contributed by atoms with Crippen molar-refractivity contribution in [2.75, 3.05) is 6.61 Å². The Morgan fingerprint density at radius 3 is 2.45 bits per heavy atom. The van der Waals surface area contributed by atoms with Crippen molar-refractivity contribution in [2.45, 2.75) is 13.1 Å². The maximum Gasteiger partial charge on any atom is 0.416 e. The number of esters is 1. The third kappa shape index (κ3) is 5.00. The van der Waals surface area contributed by atoms with Gasteiger partial charge in [0.2, 0.25) is 5.69 Å². The molecule has 0 saturated heterocycles. The largest absolute Gasteiger partial charge is 0.461 e. The second-order valence-corrected chi connectivity index (χ2v) is 6.08. The Morgan fingerprint density at radius 1 is 1.10 bits per heavy atom. The summed E-state index contributed by atoms with van der Waals surface area (Å²) in [6, 6.07) is 10.5. The van der Waals surface area contributed by atoms with Crippen molar-refractivity contribution < 1.29 is 27.4 Å². The molecule has 0 aliphatic heterocycles. The lowest BCUT2D eigenvalue weighted by Gasteiger charge is -2.10. The highest BCUT2D eigenvalue weighted by Gasteiger charge is 2.30. The highest BCUT2D eigenvalue weighted by Crippen LogP contribution is 2.31. The third-order valence-corrected chi connectivity index (χ3v) is 3.84. The molecule has 0 fully saturated rings. The van der Waals surface area contributed by atoms with E-state index in [-0.39, 0.29) is 35.3 Å². The van der Waals surface area contributed by atoms with E-state index in [0.717, 1.165) is 12.1 Å². The number of nitrogens with zero attached hydrogens (tertiary/aromatic N) is 3. The lowest BCUT2D eigenvalue weighted by molar-refractivity contribution is -0.137. The van der Waals surface area contributed by atoms with E-state index in [1.54, 1.807) is 25.1 Å². The summed E-state index contributed by atoms with van der Waals surface area (Å²) in [5.41, 5.74) is -0.827. The Balaban J connectivity index is 2.00. The molecular formula is C19H13ClF3N3O3. The summed E-state index contributed by atoms with van der Waals surface area (Å²) < 4.78 is 48.8. The molecule has 0 aliphatic rings. The first kappa shape index (κ1) is 20.5. The van der Waals surface area contributed by atoms with Crippen LogP contribution in [0.25, 0.3) is 11.4 Å². The van der Waals surface area contributed by atoms with Crippen LogP contribution in [-0.2, 0) is 10.9 Å². The zero-order valence-corrected chi connectivity index (χ0v) is 15.7. The molecule has 0 bridgehead atoms. The van der Waals surface area contributed by atoms with Gasteiger partial charge in [-0.2, -0.15) is 18.2 Å². The van der Waals surface area contributed by atoms with Crippen molar-refractivity contribution in [3.05, 3.63) is 64.8 Å². The monoisotopic (exact) mass is 423 g/mol. The number of aromatic nitrogens is 3. The van der Waals surface area contributed by atoms with Gasteiger partial charge in [-0.1, -0.05) is 29.8 Å². The highest BCUT2D eigenvalue weighted by molar-refractivity contribution is 6.30. The van der Waals surface area contributed by atoms with Crippen LogP contribution in [0.15, 0.2) is 48.5 Å². The normalized spacial score (nSPS) is 11.2. The first-order valence-corrected chi connectivity index (χ1v) is 8.68. The van der Waals surface area contributed by atoms with Crippen molar-refractivity contribution >= 4 is 17.6 Å². The summed E-state index contributed by atoms with van der Waals surface area (Å²) in [5.74, 6) is -0.759. The Bertz CT molecular complexity index is 1030. The Morgan fingerprint density at radius 2 is 1.83 bits per heavy atom. The van der Waals surface area contributed by atoms with Crippen LogP contribution in [0.2, 0.25) is 5.02 Å². The van der Waals surface area contributed by atoms with Crippen molar-refractivity contribution in [1.29, 1.82) is 0 Å². The van der Waals surface area contributed by atoms with Crippen molar-refractivity contribution in [1.82, 2.24) is 15.2 Å². The average Bonchev–Trinajstić information content (AvgIpc) is 2.67. The fourth-order valence-electron chi connectivity index (χ4n) is 2.28. The minimum atomic E-state index is -4.47. The number of ether oxygens (including phenoxy) is 2. The molecule has 0 amide bonds. The van der Waals surface area contributed by atoms with Gasteiger partial charge >= 0.3 is 12.1 Å². The standard InChI is InChI=1S/C19H13ClF3N3O3/c1-2-28-18(27)15-17(29-14-5-3-4-13(20)10-14)24-16(26-25-15)11-6-8-12(9-7-11)19(21,22)23/h3-10H,2H2,1H3. The topological polar surface area (TPSA) is 74.2 Å². The van der Waals surface area contributed by atoms with E-state index in [0.29, 0.717) is 5.02 Å². The molecule has 2 aromatic carbocycles. The van der Waals surface area contributed by atoms with Crippen LogP contribution in [0.1, 0.15) is 23.0 Å². The van der Waals surface area contributed by atoms with E-state index >= 15 is 0 Å². The minimum absolute atomic E-state index is 0.0243. The first-order valence-electron chi connectivity index (χ1n) is 8.31. The van der Waals surface area contributed by atoms with Gasteiger partial charge in [-0.15, -0.1) is 10.2 Å². The summed E-state index contributed by atoms with van der Waals surface area (Å²) in [4.78, 5) is 16.3. The summed E-state index contributed by atoms with van der Waals surface area (Å²) in [5, 5.41) is 8.00. The van der Waals surface area contributed by atoms with Gasteiger partial charge in [-0.25, -0.2) is 4.79 Å². The minimum Gasteiger partial charge on any atom is -0.461 e. The number of rotatable bonds is 5. The molecular weight excluding hydrogens is 411 g/mol. The van der Waals surface area contributed by atoms with E-state index in [1.807, 2.05) is 0 Å². The highest BCUT2D eigenvalue weighted by atomic mass is 35.5. The van der Waals surface area contributed by atoms with E-state index in [4.69, 9.17) is 21.1 Å². The second kappa shape index (κ2) is 8.44. The van der Waals surface area contributed by atoms with E-state index in [1.165, 1.54) is 18.2 Å². The summed E-state index contributed by atoms with van der Waals surface area (Å²) in [6.45, 7) is 1.71. The molecule has 3 aromatic rings. The second-order valence-electron chi connectivity index (χ2n) is 5.64. The molecule has 3 rings (SSSR count). The van der Waals surface area contributed by atoms with Gasteiger partial charge in [0.25, 0.3) is 5.88 Å². The number of carbonyl (C=O) groups excluding carboxylic acids is 1. The maximum absolute atomic E-state index is 12.7. The van der Waals surface area contributed by atoms with Crippen molar-refractivity contribution in [3.8, 4) is 23.0 Å². The molecule has 1 aromatic heterocycles. The molecule has 1 heterocycles. The van der Waals surface area contributed by atoms with Gasteiger partial charge in [-0.3, -0.25) is 0 Å². The number of halogens is 4. The molecule has 0 aliphatic carbocycles. The fraction of sp³-hybridized carbons (Fsp3) is 0.158.